The van der Waals surface area contributed by atoms with Gasteiger partial charge in [-0.2, -0.15) is 0 Å². The van der Waals surface area contributed by atoms with Crippen molar-refractivity contribution in [3.05, 3.63) is 23.4 Å². The fraction of sp³-hybridized carbons (Fsp3) is 0.625. The number of hydrogen-bond donors (Lipinski definition) is 2. The maximum atomic E-state index is 12.4. The minimum absolute atomic E-state index is 0.0144. The fourth-order valence-corrected chi connectivity index (χ4v) is 3.21. The average Bonchev–Trinajstić information content (AvgIpc) is 2.78. The van der Waals surface area contributed by atoms with Gasteiger partial charge in [0, 0.05) is 24.3 Å². The van der Waals surface area contributed by atoms with Gasteiger partial charge in [-0.05, 0) is 43.7 Å². The SMILES string of the molecule is CCC1CCC(NC(=O)c2cc(C)nc(NC)c2)C1C. The molecule has 0 aromatic carbocycles. The molecule has 0 saturated heterocycles. The largest absolute Gasteiger partial charge is 0.373 e. The molecule has 2 rings (SSSR count). The first-order valence-corrected chi connectivity index (χ1v) is 7.52. The molecular formula is C16H25N3O. The molecule has 1 aromatic rings. The van der Waals surface area contributed by atoms with Gasteiger partial charge in [0.05, 0.1) is 0 Å². The molecule has 1 aliphatic rings. The van der Waals surface area contributed by atoms with E-state index in [0.717, 1.165) is 23.9 Å². The second kappa shape index (κ2) is 6.25. The van der Waals surface area contributed by atoms with Crippen molar-refractivity contribution >= 4 is 11.7 Å². The molecule has 4 heteroatoms. The highest BCUT2D eigenvalue weighted by atomic mass is 16.1. The molecular weight excluding hydrogens is 250 g/mol. The predicted octanol–water partition coefficient (Wildman–Crippen LogP) is 2.99. The molecule has 3 atom stereocenters. The second-order valence-electron chi connectivity index (χ2n) is 5.82. The molecule has 4 nitrogen and oxygen atoms in total. The number of pyridine rings is 1. The van der Waals surface area contributed by atoms with Crippen LogP contribution in [0.3, 0.4) is 0 Å². The summed E-state index contributed by atoms with van der Waals surface area (Å²) < 4.78 is 0. The van der Waals surface area contributed by atoms with E-state index in [9.17, 15) is 4.79 Å². The van der Waals surface area contributed by atoms with Crippen LogP contribution in [-0.2, 0) is 0 Å². The molecule has 0 radical (unpaired) electrons. The lowest BCUT2D eigenvalue weighted by molar-refractivity contribution is 0.0926. The number of aromatic nitrogens is 1. The molecule has 110 valence electrons. The smallest absolute Gasteiger partial charge is 0.251 e. The first-order valence-electron chi connectivity index (χ1n) is 7.52. The molecule has 0 spiro atoms. The minimum Gasteiger partial charge on any atom is -0.373 e. The number of nitrogens with one attached hydrogen (secondary N) is 2. The van der Waals surface area contributed by atoms with Crippen molar-refractivity contribution in [3.8, 4) is 0 Å². The average molecular weight is 275 g/mol. The van der Waals surface area contributed by atoms with Crippen LogP contribution in [0.15, 0.2) is 12.1 Å². The van der Waals surface area contributed by atoms with Gasteiger partial charge in [0.2, 0.25) is 0 Å². The van der Waals surface area contributed by atoms with Crippen LogP contribution < -0.4 is 10.6 Å². The molecule has 1 fully saturated rings. The van der Waals surface area contributed by atoms with Crippen LogP contribution in [0.4, 0.5) is 5.82 Å². The normalized spacial score (nSPS) is 25.5. The summed E-state index contributed by atoms with van der Waals surface area (Å²) in [6, 6.07) is 3.95. The van der Waals surface area contributed by atoms with E-state index in [0.29, 0.717) is 17.5 Å². The van der Waals surface area contributed by atoms with Crippen LogP contribution in [0.1, 0.15) is 49.2 Å². The third-order valence-electron chi connectivity index (χ3n) is 4.54. The van der Waals surface area contributed by atoms with Crippen molar-refractivity contribution in [1.82, 2.24) is 10.3 Å². The Kier molecular flexibility index (Phi) is 4.63. The molecule has 1 aliphatic carbocycles. The van der Waals surface area contributed by atoms with Crippen LogP contribution in [0.2, 0.25) is 0 Å². The quantitative estimate of drug-likeness (QED) is 0.888. The van der Waals surface area contributed by atoms with Gasteiger partial charge in [-0.3, -0.25) is 4.79 Å². The Balaban J connectivity index is 2.07. The number of nitrogens with zero attached hydrogens (tertiary/aromatic N) is 1. The summed E-state index contributed by atoms with van der Waals surface area (Å²) in [5.74, 6) is 2.06. The van der Waals surface area contributed by atoms with Gasteiger partial charge in [0.15, 0.2) is 0 Å². The van der Waals surface area contributed by atoms with Gasteiger partial charge < -0.3 is 10.6 Å². The lowest BCUT2D eigenvalue weighted by Gasteiger charge is -2.21. The Labute approximate surface area is 121 Å². The van der Waals surface area contributed by atoms with Crippen molar-refractivity contribution in [2.75, 3.05) is 12.4 Å². The molecule has 20 heavy (non-hydrogen) atoms. The number of carbonyl (C=O) groups is 1. The van der Waals surface area contributed by atoms with Crippen LogP contribution in [-0.4, -0.2) is 24.0 Å². The number of carbonyl (C=O) groups excluding carboxylic acids is 1. The highest BCUT2D eigenvalue weighted by Gasteiger charge is 2.32. The molecule has 1 saturated carbocycles. The van der Waals surface area contributed by atoms with Crippen molar-refractivity contribution < 1.29 is 4.79 Å². The monoisotopic (exact) mass is 275 g/mol. The van der Waals surface area contributed by atoms with Gasteiger partial charge in [0.25, 0.3) is 5.91 Å². The number of hydrogen-bond acceptors (Lipinski definition) is 3. The van der Waals surface area contributed by atoms with Gasteiger partial charge in [0.1, 0.15) is 5.82 Å². The highest BCUT2D eigenvalue weighted by molar-refractivity contribution is 5.95. The third kappa shape index (κ3) is 3.11. The maximum absolute atomic E-state index is 12.4. The van der Waals surface area contributed by atoms with Crippen LogP contribution in [0, 0.1) is 18.8 Å². The van der Waals surface area contributed by atoms with E-state index in [1.54, 1.807) is 6.07 Å². The molecule has 1 heterocycles. The Hall–Kier alpha value is -1.58. The Morgan fingerprint density at radius 3 is 2.75 bits per heavy atom. The van der Waals surface area contributed by atoms with Gasteiger partial charge in [-0.15, -0.1) is 0 Å². The predicted molar refractivity (Wildman–Crippen MR) is 82.0 cm³/mol. The van der Waals surface area contributed by atoms with Crippen molar-refractivity contribution in [1.29, 1.82) is 0 Å². The van der Waals surface area contributed by atoms with Gasteiger partial charge in [-0.1, -0.05) is 20.3 Å². The molecule has 0 aliphatic heterocycles. The number of amides is 1. The highest BCUT2D eigenvalue weighted by Crippen LogP contribution is 2.34. The summed E-state index contributed by atoms with van der Waals surface area (Å²) in [6.45, 7) is 6.39. The van der Waals surface area contributed by atoms with Crippen molar-refractivity contribution in [3.63, 3.8) is 0 Å². The van der Waals surface area contributed by atoms with Crippen LogP contribution in [0.5, 0.6) is 0 Å². The zero-order chi connectivity index (χ0) is 14.7. The van der Waals surface area contributed by atoms with Gasteiger partial charge in [-0.25, -0.2) is 4.98 Å². The number of rotatable bonds is 4. The molecule has 1 amide bonds. The molecule has 1 aromatic heterocycles. The summed E-state index contributed by atoms with van der Waals surface area (Å²) >= 11 is 0. The maximum Gasteiger partial charge on any atom is 0.251 e. The molecule has 2 N–H and O–H groups in total. The summed E-state index contributed by atoms with van der Waals surface area (Å²) in [5.41, 5.74) is 1.54. The van der Waals surface area contributed by atoms with Crippen molar-refractivity contribution in [2.24, 2.45) is 11.8 Å². The van der Waals surface area contributed by atoms with E-state index in [1.165, 1.54) is 12.8 Å². The van der Waals surface area contributed by atoms with E-state index < -0.39 is 0 Å². The van der Waals surface area contributed by atoms with E-state index in [1.807, 2.05) is 20.0 Å². The Bertz CT molecular complexity index is 487. The third-order valence-corrected chi connectivity index (χ3v) is 4.54. The number of anilines is 1. The van der Waals surface area contributed by atoms with E-state index >= 15 is 0 Å². The Morgan fingerprint density at radius 2 is 2.15 bits per heavy atom. The first kappa shape index (κ1) is 14.8. The summed E-state index contributed by atoms with van der Waals surface area (Å²) in [5, 5.41) is 6.18. The zero-order valence-electron chi connectivity index (χ0n) is 12.9. The minimum atomic E-state index is 0.0144. The summed E-state index contributed by atoms with van der Waals surface area (Å²) in [6.07, 6.45) is 3.51. The second-order valence-corrected chi connectivity index (χ2v) is 5.82. The van der Waals surface area contributed by atoms with Crippen molar-refractivity contribution in [2.45, 2.75) is 46.1 Å². The standard InChI is InChI=1S/C16H25N3O/c1-5-12-6-7-14(11(12)3)19-16(20)13-8-10(2)18-15(9-13)17-4/h8-9,11-12,14H,5-7H2,1-4H3,(H,17,18)(H,19,20). The zero-order valence-corrected chi connectivity index (χ0v) is 12.9. The topological polar surface area (TPSA) is 54.0 Å². The van der Waals surface area contributed by atoms with Crippen LogP contribution >= 0.6 is 0 Å². The molecule has 0 bridgehead atoms. The lowest BCUT2D eigenvalue weighted by Crippen LogP contribution is -2.37. The van der Waals surface area contributed by atoms with Gasteiger partial charge >= 0.3 is 0 Å². The lowest BCUT2D eigenvalue weighted by atomic mass is 9.93. The first-order chi connectivity index (χ1) is 9.55. The number of aryl methyl sites for hydroxylation is 1. The summed E-state index contributed by atoms with van der Waals surface area (Å²) in [4.78, 5) is 16.7. The van der Waals surface area contributed by atoms with E-state index in [2.05, 4.69) is 29.5 Å². The fourth-order valence-electron chi connectivity index (χ4n) is 3.21. The summed E-state index contributed by atoms with van der Waals surface area (Å²) in [7, 11) is 1.81. The Morgan fingerprint density at radius 1 is 1.40 bits per heavy atom. The van der Waals surface area contributed by atoms with E-state index in [-0.39, 0.29) is 5.91 Å². The van der Waals surface area contributed by atoms with E-state index in [4.69, 9.17) is 0 Å². The molecule has 3 unspecified atom stereocenters. The van der Waals surface area contributed by atoms with Crippen LogP contribution in [0.25, 0.3) is 0 Å².